The Kier molecular flexibility index (Phi) is 5.53. The Morgan fingerprint density at radius 2 is 1.79 bits per heavy atom. The number of β-amino-alcohol motifs (C(OH)–C–C–N with tert-alkyl or cyclic N) is 1. The summed E-state index contributed by atoms with van der Waals surface area (Å²) in [6, 6.07) is 12.0. The molecule has 0 saturated carbocycles. The molecule has 2 atom stereocenters. The molecule has 0 amide bonds. The maximum atomic E-state index is 10.7. The van der Waals surface area contributed by atoms with Crippen molar-refractivity contribution in [2.45, 2.75) is 50.9 Å². The Bertz CT molecular complexity index is 844. The van der Waals surface area contributed by atoms with Crippen LogP contribution in [0.3, 0.4) is 0 Å². The number of benzene rings is 2. The molecule has 2 aromatic carbocycles. The summed E-state index contributed by atoms with van der Waals surface area (Å²) in [6.45, 7) is 6.50. The van der Waals surface area contributed by atoms with Gasteiger partial charge in [-0.05, 0) is 67.6 Å². The molecule has 5 heteroatoms. The van der Waals surface area contributed by atoms with Crippen LogP contribution in [-0.4, -0.2) is 40.3 Å². The standard InChI is InChI=1S/C23H28BrNO3/c1-15-11-19-20(26)13-23(28-22(19)12-16(15)2)7-9-25(10-8-23)14-21(27)17-3-5-18(24)6-4-17/h3-6,11-12,20-21,26-27H,7-10,13-14H2,1-2H3/t20-,21+/m0/s1. The van der Waals surface area contributed by atoms with E-state index >= 15 is 0 Å². The lowest BCUT2D eigenvalue weighted by atomic mass is 9.81. The maximum Gasteiger partial charge on any atom is 0.126 e. The second kappa shape index (κ2) is 7.79. The lowest BCUT2D eigenvalue weighted by Gasteiger charge is -2.46. The molecule has 2 aliphatic rings. The van der Waals surface area contributed by atoms with Gasteiger partial charge in [0.1, 0.15) is 11.4 Å². The van der Waals surface area contributed by atoms with Crippen molar-refractivity contribution in [1.29, 1.82) is 0 Å². The number of ether oxygens (including phenoxy) is 1. The zero-order valence-electron chi connectivity index (χ0n) is 16.5. The number of likely N-dealkylation sites (tertiary alicyclic amines) is 1. The van der Waals surface area contributed by atoms with Gasteiger partial charge < -0.3 is 19.8 Å². The number of nitrogens with zero attached hydrogens (tertiary/aromatic N) is 1. The van der Waals surface area contributed by atoms with Gasteiger partial charge in [0.15, 0.2) is 0 Å². The van der Waals surface area contributed by atoms with Crippen LogP contribution in [-0.2, 0) is 0 Å². The van der Waals surface area contributed by atoms with Crippen molar-refractivity contribution in [1.82, 2.24) is 4.90 Å². The number of halogens is 1. The number of aliphatic hydroxyl groups is 2. The van der Waals surface area contributed by atoms with E-state index in [0.29, 0.717) is 13.0 Å². The van der Waals surface area contributed by atoms with Crippen LogP contribution in [0, 0.1) is 13.8 Å². The van der Waals surface area contributed by atoms with Gasteiger partial charge in [0.05, 0.1) is 12.2 Å². The first-order valence-corrected chi connectivity index (χ1v) is 10.8. The van der Waals surface area contributed by atoms with Crippen LogP contribution < -0.4 is 4.74 Å². The monoisotopic (exact) mass is 445 g/mol. The molecule has 1 spiro atoms. The Hall–Kier alpha value is -1.40. The summed E-state index contributed by atoms with van der Waals surface area (Å²) in [5, 5.41) is 21.3. The van der Waals surface area contributed by atoms with Crippen molar-refractivity contribution in [2.24, 2.45) is 0 Å². The molecule has 2 aromatic rings. The van der Waals surface area contributed by atoms with Gasteiger partial charge in [0, 0.05) is 36.1 Å². The molecule has 4 nitrogen and oxygen atoms in total. The first kappa shape index (κ1) is 19.9. The van der Waals surface area contributed by atoms with E-state index < -0.39 is 12.2 Å². The minimum absolute atomic E-state index is 0.298. The first-order valence-electron chi connectivity index (χ1n) is 9.99. The van der Waals surface area contributed by atoms with Crippen molar-refractivity contribution in [3.05, 3.63) is 63.1 Å². The van der Waals surface area contributed by atoms with Gasteiger partial charge in [-0.15, -0.1) is 0 Å². The second-order valence-corrected chi connectivity index (χ2v) is 9.26. The lowest BCUT2D eigenvalue weighted by molar-refractivity contribution is -0.0588. The summed E-state index contributed by atoms with van der Waals surface area (Å²) in [5.41, 5.74) is 3.94. The highest BCUT2D eigenvalue weighted by molar-refractivity contribution is 9.10. The second-order valence-electron chi connectivity index (χ2n) is 8.35. The zero-order valence-corrected chi connectivity index (χ0v) is 18.1. The largest absolute Gasteiger partial charge is 0.487 e. The van der Waals surface area contributed by atoms with Crippen molar-refractivity contribution >= 4 is 15.9 Å². The number of aryl methyl sites for hydroxylation is 2. The molecule has 0 aliphatic carbocycles. The highest BCUT2D eigenvalue weighted by Crippen LogP contribution is 2.45. The topological polar surface area (TPSA) is 52.9 Å². The van der Waals surface area contributed by atoms with E-state index in [-0.39, 0.29) is 5.60 Å². The average molecular weight is 446 g/mol. The summed E-state index contributed by atoms with van der Waals surface area (Å²) in [5.74, 6) is 0.838. The average Bonchev–Trinajstić information content (AvgIpc) is 2.66. The van der Waals surface area contributed by atoms with E-state index in [2.05, 4.69) is 46.8 Å². The Morgan fingerprint density at radius 1 is 1.14 bits per heavy atom. The van der Waals surface area contributed by atoms with E-state index in [1.165, 1.54) is 11.1 Å². The molecule has 2 N–H and O–H groups in total. The van der Waals surface area contributed by atoms with Crippen molar-refractivity contribution in [3.63, 3.8) is 0 Å². The van der Waals surface area contributed by atoms with Gasteiger partial charge in [-0.2, -0.15) is 0 Å². The van der Waals surface area contributed by atoms with E-state index in [4.69, 9.17) is 4.74 Å². The van der Waals surface area contributed by atoms with Crippen molar-refractivity contribution < 1.29 is 14.9 Å². The number of aliphatic hydroxyl groups excluding tert-OH is 2. The quantitative estimate of drug-likeness (QED) is 0.732. The van der Waals surface area contributed by atoms with Gasteiger partial charge in [-0.3, -0.25) is 0 Å². The highest BCUT2D eigenvalue weighted by atomic mass is 79.9. The third-order valence-electron chi connectivity index (χ3n) is 6.33. The molecule has 150 valence electrons. The van der Waals surface area contributed by atoms with E-state index in [9.17, 15) is 10.2 Å². The van der Waals surface area contributed by atoms with Crippen LogP contribution in [0.4, 0.5) is 0 Å². The third-order valence-corrected chi connectivity index (χ3v) is 6.86. The maximum absolute atomic E-state index is 10.7. The van der Waals surface area contributed by atoms with Crippen LogP contribution in [0.1, 0.15) is 53.7 Å². The Labute approximate surface area is 175 Å². The molecule has 2 aliphatic heterocycles. The predicted octanol–water partition coefficient (Wildman–Crippen LogP) is 4.45. The van der Waals surface area contributed by atoms with Crippen LogP contribution in [0.15, 0.2) is 40.9 Å². The van der Waals surface area contributed by atoms with Crippen molar-refractivity contribution in [3.8, 4) is 5.75 Å². The van der Waals surface area contributed by atoms with Gasteiger partial charge in [-0.25, -0.2) is 0 Å². The molecule has 0 unspecified atom stereocenters. The molecule has 4 rings (SSSR count). The third kappa shape index (κ3) is 3.99. The van der Waals surface area contributed by atoms with E-state index in [0.717, 1.165) is 47.3 Å². The number of rotatable bonds is 3. The van der Waals surface area contributed by atoms with Crippen LogP contribution in [0.25, 0.3) is 0 Å². The fourth-order valence-electron chi connectivity index (χ4n) is 4.38. The number of fused-ring (bicyclic) bond motifs is 1. The van der Waals surface area contributed by atoms with Gasteiger partial charge in [-0.1, -0.05) is 28.1 Å². The first-order chi connectivity index (χ1) is 13.3. The predicted molar refractivity (Wildman–Crippen MR) is 114 cm³/mol. The summed E-state index contributed by atoms with van der Waals surface area (Å²) in [6.07, 6.45) is 1.41. The fraction of sp³-hybridized carbons (Fsp3) is 0.478. The summed E-state index contributed by atoms with van der Waals surface area (Å²) in [4.78, 5) is 2.30. The summed E-state index contributed by atoms with van der Waals surface area (Å²) < 4.78 is 7.48. The molecule has 1 saturated heterocycles. The number of piperidine rings is 1. The van der Waals surface area contributed by atoms with E-state index in [1.54, 1.807) is 0 Å². The van der Waals surface area contributed by atoms with Gasteiger partial charge >= 0.3 is 0 Å². The molecular weight excluding hydrogens is 418 g/mol. The van der Waals surface area contributed by atoms with Gasteiger partial charge in [0.2, 0.25) is 0 Å². The normalized spacial score (nSPS) is 22.5. The fourth-order valence-corrected chi connectivity index (χ4v) is 4.65. The van der Waals surface area contributed by atoms with E-state index in [1.807, 2.05) is 24.3 Å². The minimum Gasteiger partial charge on any atom is -0.487 e. The highest BCUT2D eigenvalue weighted by Gasteiger charge is 2.43. The molecular formula is C23H28BrNO3. The SMILES string of the molecule is Cc1cc2c(cc1C)[C@@H](O)CC1(CCN(C[C@@H](O)c3ccc(Br)cc3)CC1)O2. The molecule has 2 heterocycles. The molecule has 0 bridgehead atoms. The van der Waals surface area contributed by atoms with Crippen LogP contribution >= 0.6 is 15.9 Å². The summed E-state index contributed by atoms with van der Waals surface area (Å²) in [7, 11) is 0. The van der Waals surface area contributed by atoms with Crippen LogP contribution in [0.5, 0.6) is 5.75 Å². The number of hydrogen-bond acceptors (Lipinski definition) is 4. The van der Waals surface area contributed by atoms with Crippen molar-refractivity contribution in [2.75, 3.05) is 19.6 Å². The Balaban J connectivity index is 1.41. The minimum atomic E-state index is -0.494. The zero-order chi connectivity index (χ0) is 19.9. The number of hydrogen-bond donors (Lipinski definition) is 2. The molecule has 0 radical (unpaired) electrons. The lowest BCUT2D eigenvalue weighted by Crippen LogP contribution is -2.51. The van der Waals surface area contributed by atoms with Gasteiger partial charge in [0.25, 0.3) is 0 Å². The molecule has 1 fully saturated rings. The Morgan fingerprint density at radius 3 is 2.46 bits per heavy atom. The smallest absolute Gasteiger partial charge is 0.126 e. The summed E-state index contributed by atoms with van der Waals surface area (Å²) >= 11 is 3.43. The molecule has 0 aromatic heterocycles. The molecule has 28 heavy (non-hydrogen) atoms. The van der Waals surface area contributed by atoms with Crippen LogP contribution in [0.2, 0.25) is 0 Å².